The normalized spacial score (nSPS) is 20.7. The summed E-state index contributed by atoms with van der Waals surface area (Å²) in [5, 5.41) is 8.77. The van der Waals surface area contributed by atoms with Crippen molar-refractivity contribution < 1.29 is 4.79 Å². The number of ketones is 1. The lowest BCUT2D eigenvalue weighted by atomic mass is 9.82. The van der Waals surface area contributed by atoms with Gasteiger partial charge in [-0.15, -0.1) is 5.10 Å². The van der Waals surface area contributed by atoms with Crippen LogP contribution in [0.4, 0.5) is 5.95 Å². The van der Waals surface area contributed by atoms with Gasteiger partial charge in [0, 0.05) is 24.1 Å². The van der Waals surface area contributed by atoms with Crippen molar-refractivity contribution in [1.82, 2.24) is 19.7 Å². The summed E-state index contributed by atoms with van der Waals surface area (Å²) >= 11 is 1.59. The number of benzene rings is 1. The van der Waals surface area contributed by atoms with Crippen LogP contribution in [0, 0.1) is 5.92 Å². The molecular weight excluding hydrogens is 370 g/mol. The first-order valence-electron chi connectivity index (χ1n) is 9.33. The first kappa shape index (κ1) is 17.2. The second kappa shape index (κ2) is 7.24. The van der Waals surface area contributed by atoms with E-state index in [1.54, 1.807) is 18.0 Å². The fourth-order valence-corrected chi connectivity index (χ4v) is 4.57. The van der Waals surface area contributed by atoms with Crippen LogP contribution in [-0.4, -0.2) is 25.5 Å². The average Bonchev–Trinajstić information content (AvgIpc) is 3.15. The molecule has 2 unspecified atom stereocenters. The molecule has 1 aliphatic heterocycles. The minimum atomic E-state index is -0.287. The molecule has 1 aliphatic carbocycles. The van der Waals surface area contributed by atoms with Crippen molar-refractivity contribution in [2.24, 2.45) is 5.92 Å². The summed E-state index contributed by atoms with van der Waals surface area (Å²) in [6, 6.07) is 15.8. The first-order chi connectivity index (χ1) is 13.8. The molecule has 0 amide bonds. The number of hydrogen-bond acceptors (Lipinski definition) is 6. The number of thioether (sulfide) groups is 1. The van der Waals surface area contributed by atoms with Crippen molar-refractivity contribution in [1.29, 1.82) is 0 Å². The molecule has 0 spiro atoms. The van der Waals surface area contributed by atoms with E-state index in [1.807, 2.05) is 41.1 Å². The third-order valence-corrected chi connectivity index (χ3v) is 5.99. The molecule has 0 saturated heterocycles. The van der Waals surface area contributed by atoms with Gasteiger partial charge in [0.2, 0.25) is 11.1 Å². The molecule has 28 heavy (non-hydrogen) atoms. The van der Waals surface area contributed by atoms with Crippen LogP contribution in [0.1, 0.15) is 30.1 Å². The zero-order valence-corrected chi connectivity index (χ0v) is 16.0. The van der Waals surface area contributed by atoms with E-state index >= 15 is 0 Å². The fourth-order valence-electron chi connectivity index (χ4n) is 3.78. The molecule has 6 nitrogen and oxygen atoms in total. The molecule has 0 saturated carbocycles. The van der Waals surface area contributed by atoms with E-state index < -0.39 is 0 Å². The number of carbonyl (C=O) groups is 1. The van der Waals surface area contributed by atoms with Gasteiger partial charge in [0.15, 0.2) is 0 Å². The summed E-state index contributed by atoms with van der Waals surface area (Å²) in [5.74, 6) is 1.40. The number of hydrogen-bond donors (Lipinski definition) is 1. The molecule has 0 bridgehead atoms. The predicted octanol–water partition coefficient (Wildman–Crippen LogP) is 3.84. The van der Waals surface area contributed by atoms with Gasteiger partial charge in [-0.1, -0.05) is 54.2 Å². The largest absolute Gasteiger partial charge is 0.328 e. The number of Topliss-reactive ketones (excluding diaryl/α,β-unsaturated/α-hetero) is 1. The maximum Gasteiger partial charge on any atom is 0.227 e. The Hall–Kier alpha value is -2.93. The average molecular weight is 389 g/mol. The summed E-state index contributed by atoms with van der Waals surface area (Å²) in [7, 11) is 0. The number of nitrogens with zero attached hydrogens (tertiary/aromatic N) is 4. The van der Waals surface area contributed by atoms with Crippen LogP contribution in [0.3, 0.4) is 0 Å². The summed E-state index contributed by atoms with van der Waals surface area (Å²) in [5.41, 5.74) is 2.98. The molecule has 1 aromatic carbocycles. The van der Waals surface area contributed by atoms with Crippen LogP contribution in [0.2, 0.25) is 0 Å². The van der Waals surface area contributed by atoms with Gasteiger partial charge in [-0.05, 0) is 24.1 Å². The number of fused-ring (bicyclic) bond motifs is 2. The Balaban J connectivity index is 1.51. The number of rotatable bonds is 4. The lowest BCUT2D eigenvalue weighted by Gasteiger charge is -2.35. The number of pyridine rings is 1. The van der Waals surface area contributed by atoms with Crippen LogP contribution in [0.15, 0.2) is 71.7 Å². The van der Waals surface area contributed by atoms with Crippen LogP contribution >= 0.6 is 11.8 Å². The van der Waals surface area contributed by atoms with E-state index in [0.29, 0.717) is 17.5 Å². The minimum Gasteiger partial charge on any atom is -0.328 e. The second-order valence-electron chi connectivity index (χ2n) is 6.90. The molecule has 3 heterocycles. The number of nitrogens with one attached hydrogen (secondary N) is 1. The van der Waals surface area contributed by atoms with Crippen LogP contribution < -0.4 is 5.32 Å². The summed E-state index contributed by atoms with van der Waals surface area (Å²) in [4.78, 5) is 22.0. The number of carbonyl (C=O) groups excluding carboxylic acids is 1. The summed E-state index contributed by atoms with van der Waals surface area (Å²) in [6.07, 6.45) is 5.18. The van der Waals surface area contributed by atoms with Gasteiger partial charge >= 0.3 is 0 Å². The molecule has 2 atom stereocenters. The third-order valence-electron chi connectivity index (χ3n) is 5.09. The van der Waals surface area contributed by atoms with E-state index in [4.69, 9.17) is 5.10 Å². The lowest BCUT2D eigenvalue weighted by molar-refractivity contribution is -0.123. The number of allylic oxidation sites excluding steroid dienone is 2. The van der Waals surface area contributed by atoms with Crippen molar-refractivity contribution in [2.45, 2.75) is 29.8 Å². The molecule has 3 aromatic rings. The molecule has 0 fully saturated rings. The van der Waals surface area contributed by atoms with Crippen molar-refractivity contribution >= 4 is 23.5 Å². The fraction of sp³-hybridized carbons (Fsp3) is 0.238. The molecule has 7 heteroatoms. The third kappa shape index (κ3) is 3.11. The van der Waals surface area contributed by atoms with Gasteiger partial charge in [-0.25, -0.2) is 4.68 Å². The van der Waals surface area contributed by atoms with Crippen LogP contribution in [-0.2, 0) is 10.5 Å². The predicted molar refractivity (Wildman–Crippen MR) is 108 cm³/mol. The molecular formula is C21H19N5OS. The highest BCUT2D eigenvalue weighted by Gasteiger charge is 2.42. The van der Waals surface area contributed by atoms with Crippen molar-refractivity contribution in [3.63, 3.8) is 0 Å². The van der Waals surface area contributed by atoms with Gasteiger partial charge in [-0.3, -0.25) is 9.78 Å². The number of aromatic nitrogens is 4. The second-order valence-corrected chi connectivity index (χ2v) is 7.85. The van der Waals surface area contributed by atoms with Gasteiger partial charge < -0.3 is 5.32 Å². The monoisotopic (exact) mass is 389 g/mol. The SMILES string of the molecule is O=C1CCC=C2Nc3nc(SCc4ccccc4)nn3C(c3ccccn3)C12. The van der Waals surface area contributed by atoms with Gasteiger partial charge in [0.1, 0.15) is 11.8 Å². The molecule has 140 valence electrons. The van der Waals surface area contributed by atoms with E-state index in [-0.39, 0.29) is 17.7 Å². The Morgan fingerprint density at radius 3 is 2.82 bits per heavy atom. The van der Waals surface area contributed by atoms with Gasteiger partial charge in [-0.2, -0.15) is 4.98 Å². The number of anilines is 1. The first-order valence-corrected chi connectivity index (χ1v) is 10.3. The van der Waals surface area contributed by atoms with E-state index in [0.717, 1.165) is 23.6 Å². The van der Waals surface area contributed by atoms with E-state index in [1.165, 1.54) is 5.56 Å². The van der Waals surface area contributed by atoms with Crippen LogP contribution in [0.25, 0.3) is 0 Å². The molecule has 2 aliphatic rings. The summed E-state index contributed by atoms with van der Waals surface area (Å²) < 4.78 is 1.83. The van der Waals surface area contributed by atoms with Crippen molar-refractivity contribution in [2.75, 3.05) is 5.32 Å². The maximum atomic E-state index is 12.8. The highest BCUT2D eigenvalue weighted by atomic mass is 32.2. The highest BCUT2D eigenvalue weighted by Crippen LogP contribution is 2.41. The highest BCUT2D eigenvalue weighted by molar-refractivity contribution is 7.98. The van der Waals surface area contributed by atoms with Gasteiger partial charge in [0.05, 0.1) is 11.6 Å². The quantitative estimate of drug-likeness (QED) is 0.684. The Labute approximate surface area is 167 Å². The Morgan fingerprint density at radius 2 is 2.00 bits per heavy atom. The Bertz CT molecular complexity index is 1030. The zero-order chi connectivity index (χ0) is 18.9. The van der Waals surface area contributed by atoms with Crippen LogP contribution in [0.5, 0.6) is 0 Å². The minimum absolute atomic E-state index is 0.222. The topological polar surface area (TPSA) is 72.7 Å². The van der Waals surface area contributed by atoms with Crippen molar-refractivity contribution in [3.8, 4) is 0 Å². The summed E-state index contributed by atoms with van der Waals surface area (Å²) in [6.45, 7) is 0. The van der Waals surface area contributed by atoms with Gasteiger partial charge in [0.25, 0.3) is 0 Å². The van der Waals surface area contributed by atoms with E-state index in [2.05, 4.69) is 33.5 Å². The van der Waals surface area contributed by atoms with Crippen molar-refractivity contribution in [3.05, 3.63) is 77.8 Å². The molecule has 2 aromatic heterocycles. The molecule has 0 radical (unpaired) electrons. The Kier molecular flexibility index (Phi) is 4.44. The standard InChI is InChI=1S/C21H19N5OS/c27-17-11-6-10-15-18(17)19(16-9-4-5-12-22-16)26-20(23-15)24-21(25-26)28-13-14-7-2-1-3-8-14/h1-5,7-10,12,18-19H,6,11,13H2,(H,23,24,25). The molecule has 5 rings (SSSR count). The Morgan fingerprint density at radius 1 is 1.14 bits per heavy atom. The molecule has 1 N–H and O–H groups in total. The zero-order valence-electron chi connectivity index (χ0n) is 15.2. The lowest BCUT2D eigenvalue weighted by Crippen LogP contribution is -2.39. The smallest absolute Gasteiger partial charge is 0.227 e. The maximum absolute atomic E-state index is 12.8. The van der Waals surface area contributed by atoms with E-state index in [9.17, 15) is 4.79 Å².